The van der Waals surface area contributed by atoms with Crippen LogP contribution in [0, 0.1) is 0 Å². The molecule has 1 rings (SSSR count). The van der Waals surface area contributed by atoms with Gasteiger partial charge in [0.05, 0.1) is 25.4 Å². The van der Waals surface area contributed by atoms with Crippen LogP contribution in [0.15, 0.2) is 48.6 Å². The summed E-state index contributed by atoms with van der Waals surface area (Å²) in [6.07, 6.45) is 65.9. The molecule has 0 aliphatic carbocycles. The number of hydrogen-bond donors (Lipinski definition) is 6. The van der Waals surface area contributed by atoms with Gasteiger partial charge in [-0.05, 0) is 83.5 Å². The topological polar surface area (TPSA) is 175 Å². The number of aliphatic hydroxyl groups excluding tert-OH is 5. The zero-order valence-electron chi connectivity index (χ0n) is 54.8. The van der Waals surface area contributed by atoms with Gasteiger partial charge in [0, 0.05) is 6.42 Å². The Hall–Kier alpha value is -2.38. The fraction of sp³-hybridized carbons (Fsp3) is 0.863. The first kappa shape index (κ1) is 79.6. The Morgan fingerprint density at radius 3 is 1.25 bits per heavy atom. The predicted molar refractivity (Wildman–Crippen MR) is 352 cm³/mol. The highest BCUT2D eigenvalue weighted by molar-refractivity contribution is 5.80. The number of rotatable bonds is 62. The van der Waals surface area contributed by atoms with Gasteiger partial charge in [-0.2, -0.15) is 0 Å². The Kier molecular flexibility index (Phi) is 57.7. The van der Waals surface area contributed by atoms with Crippen molar-refractivity contribution in [3.8, 4) is 0 Å². The van der Waals surface area contributed by atoms with Crippen molar-refractivity contribution < 1.29 is 49.3 Å². The van der Waals surface area contributed by atoms with E-state index in [-0.39, 0.29) is 19.4 Å². The SMILES string of the molecule is CCCCC/C=C\C/C=C\CCCCCCCCCCCCCCCCCCCC(=O)OC1C(OCC(NC(=O)C(O)CCCCCCCC/C=C/CCCCCCCC)C(O)/C=C/CCCCCCCCCCCC)OC(CO)C(O)C1O. The van der Waals surface area contributed by atoms with Crippen LogP contribution < -0.4 is 5.32 Å². The number of unbranched alkanes of at least 4 members (excludes halogenated alkanes) is 42. The fourth-order valence-corrected chi connectivity index (χ4v) is 11.3. The number of aliphatic hydroxyl groups is 5. The first-order valence-corrected chi connectivity index (χ1v) is 35.9. The first-order valence-electron chi connectivity index (χ1n) is 35.9. The van der Waals surface area contributed by atoms with Gasteiger partial charge in [-0.1, -0.05) is 301 Å². The lowest BCUT2D eigenvalue weighted by Gasteiger charge is -2.41. The molecule has 0 spiro atoms. The predicted octanol–water partition coefficient (Wildman–Crippen LogP) is 18.3. The highest BCUT2D eigenvalue weighted by Crippen LogP contribution is 2.26. The molecule has 11 heteroatoms. The number of hydrogen-bond acceptors (Lipinski definition) is 10. The molecule has 6 N–H and O–H groups in total. The van der Waals surface area contributed by atoms with Crippen molar-refractivity contribution in [3.05, 3.63) is 48.6 Å². The van der Waals surface area contributed by atoms with Crippen molar-refractivity contribution in [3.63, 3.8) is 0 Å². The number of ether oxygens (including phenoxy) is 3. The summed E-state index contributed by atoms with van der Waals surface area (Å²) in [5.74, 6) is -1.19. The lowest BCUT2D eigenvalue weighted by molar-refractivity contribution is -0.305. The molecule has 1 fully saturated rings. The number of nitrogens with one attached hydrogen (secondary N) is 1. The van der Waals surface area contributed by atoms with Gasteiger partial charge >= 0.3 is 5.97 Å². The van der Waals surface area contributed by atoms with Crippen LogP contribution >= 0.6 is 0 Å². The molecule has 1 saturated heterocycles. The number of esters is 1. The second kappa shape index (κ2) is 60.9. The van der Waals surface area contributed by atoms with E-state index >= 15 is 0 Å². The molecule has 11 nitrogen and oxygen atoms in total. The minimum Gasteiger partial charge on any atom is -0.454 e. The Labute approximate surface area is 516 Å². The third-order valence-electron chi connectivity index (χ3n) is 17.0. The van der Waals surface area contributed by atoms with E-state index in [4.69, 9.17) is 14.2 Å². The maximum atomic E-state index is 13.5. The van der Waals surface area contributed by atoms with Crippen LogP contribution in [0.3, 0.4) is 0 Å². The van der Waals surface area contributed by atoms with Crippen molar-refractivity contribution in [1.29, 1.82) is 0 Å². The number of carbonyl (C=O) groups excluding carboxylic acids is 2. The molecule has 0 radical (unpaired) electrons. The molecule has 0 saturated carbocycles. The van der Waals surface area contributed by atoms with E-state index in [0.717, 1.165) is 77.0 Å². The molecule has 1 amide bonds. The van der Waals surface area contributed by atoms with Gasteiger partial charge < -0.3 is 45.1 Å². The van der Waals surface area contributed by atoms with Crippen LogP contribution in [-0.2, 0) is 23.8 Å². The largest absolute Gasteiger partial charge is 0.454 e. The molecule has 0 aromatic heterocycles. The molecule has 1 aliphatic rings. The summed E-state index contributed by atoms with van der Waals surface area (Å²) in [4.78, 5) is 26.7. The summed E-state index contributed by atoms with van der Waals surface area (Å²) >= 11 is 0. The second-order valence-electron chi connectivity index (χ2n) is 25.0. The van der Waals surface area contributed by atoms with Crippen LogP contribution in [0.4, 0.5) is 0 Å². The normalized spacial score (nSPS) is 18.7. The molecule has 0 bridgehead atoms. The van der Waals surface area contributed by atoms with Crippen molar-refractivity contribution in [2.24, 2.45) is 0 Å². The minimum atomic E-state index is -1.61. The van der Waals surface area contributed by atoms with Crippen molar-refractivity contribution in [2.45, 2.75) is 391 Å². The van der Waals surface area contributed by atoms with E-state index in [1.54, 1.807) is 6.08 Å². The molecule has 84 heavy (non-hydrogen) atoms. The van der Waals surface area contributed by atoms with Crippen molar-refractivity contribution in [2.75, 3.05) is 13.2 Å². The van der Waals surface area contributed by atoms with Gasteiger partial charge in [0.1, 0.15) is 24.4 Å². The second-order valence-corrected chi connectivity index (χ2v) is 25.0. The maximum Gasteiger partial charge on any atom is 0.306 e. The van der Waals surface area contributed by atoms with E-state index in [2.05, 4.69) is 62.5 Å². The molecule has 492 valence electrons. The lowest BCUT2D eigenvalue weighted by Crippen LogP contribution is -2.61. The molecule has 8 unspecified atom stereocenters. The summed E-state index contributed by atoms with van der Waals surface area (Å²) in [6.45, 7) is 5.80. The van der Waals surface area contributed by atoms with E-state index < -0.39 is 67.4 Å². The van der Waals surface area contributed by atoms with Crippen LogP contribution in [0.5, 0.6) is 0 Å². The molecule has 1 aliphatic heterocycles. The summed E-state index contributed by atoms with van der Waals surface area (Å²) in [7, 11) is 0. The van der Waals surface area contributed by atoms with Crippen molar-refractivity contribution in [1.82, 2.24) is 5.32 Å². The van der Waals surface area contributed by atoms with Gasteiger partial charge in [-0.15, -0.1) is 0 Å². The van der Waals surface area contributed by atoms with Gasteiger partial charge in [0.25, 0.3) is 0 Å². The Bertz CT molecular complexity index is 1550. The van der Waals surface area contributed by atoms with Crippen LogP contribution in [0.1, 0.15) is 342 Å². The zero-order chi connectivity index (χ0) is 61.0. The summed E-state index contributed by atoms with van der Waals surface area (Å²) in [5.41, 5.74) is 0. The monoisotopic (exact) mass is 1190 g/mol. The fourth-order valence-electron chi connectivity index (χ4n) is 11.3. The minimum absolute atomic E-state index is 0.126. The average molecular weight is 1190 g/mol. The lowest BCUT2D eigenvalue weighted by atomic mass is 9.99. The third kappa shape index (κ3) is 47.7. The number of carbonyl (C=O) groups is 2. The smallest absolute Gasteiger partial charge is 0.306 e. The van der Waals surface area contributed by atoms with Gasteiger partial charge in [0.2, 0.25) is 5.91 Å². The third-order valence-corrected chi connectivity index (χ3v) is 17.0. The molecule has 0 aromatic carbocycles. The van der Waals surface area contributed by atoms with Crippen LogP contribution in [0.2, 0.25) is 0 Å². The Morgan fingerprint density at radius 2 is 0.821 bits per heavy atom. The van der Waals surface area contributed by atoms with E-state index in [1.165, 1.54) is 218 Å². The number of amides is 1. The zero-order valence-corrected chi connectivity index (χ0v) is 54.8. The summed E-state index contributed by atoms with van der Waals surface area (Å²) in [5, 5.41) is 57.2. The molecular formula is C73H135NO10. The van der Waals surface area contributed by atoms with E-state index in [0.29, 0.717) is 12.8 Å². The average Bonchev–Trinajstić information content (AvgIpc) is 3.69. The van der Waals surface area contributed by atoms with Gasteiger partial charge in [0.15, 0.2) is 12.4 Å². The van der Waals surface area contributed by atoms with Crippen LogP contribution in [0.25, 0.3) is 0 Å². The molecular weight excluding hydrogens is 1050 g/mol. The maximum absolute atomic E-state index is 13.5. The van der Waals surface area contributed by atoms with E-state index in [9.17, 15) is 35.1 Å². The summed E-state index contributed by atoms with van der Waals surface area (Å²) in [6, 6.07) is -1.02. The highest BCUT2D eigenvalue weighted by Gasteiger charge is 2.47. The highest BCUT2D eigenvalue weighted by atomic mass is 16.7. The molecule has 1 heterocycles. The molecule has 8 atom stereocenters. The molecule has 0 aromatic rings. The first-order chi connectivity index (χ1) is 41.2. The number of allylic oxidation sites excluding steroid dienone is 7. The summed E-state index contributed by atoms with van der Waals surface area (Å²) < 4.78 is 17.7. The van der Waals surface area contributed by atoms with Crippen molar-refractivity contribution >= 4 is 11.9 Å². The van der Waals surface area contributed by atoms with E-state index in [1.807, 2.05) is 6.08 Å². The Balaban J connectivity index is 2.53. The van der Waals surface area contributed by atoms with Gasteiger partial charge in [-0.25, -0.2) is 0 Å². The standard InChI is InChI=1S/C73H135NO10/c1-4-7-10-13-16-19-22-25-27-29-30-31-32-33-34-35-36-37-38-39-41-43-46-49-52-55-58-61-68(78)84-71-70(80)69(79)67(62-75)83-73(71)82-63-64(65(76)59-56-53-50-47-44-24-21-18-15-12-9-6-3)74-72(81)66(77)60-57-54-51-48-45-42-40-28-26-23-20-17-14-11-8-5-2/h16,19,25-28,56,59,64-67,69-71,73,75-77,79-80H,4-15,17-18,20-24,29-55,57-58,60-63H2,1-3H3,(H,74,81)/b19-16-,27-25-,28-26+,59-56+. The Morgan fingerprint density at radius 1 is 0.464 bits per heavy atom. The van der Waals surface area contributed by atoms with Gasteiger partial charge in [-0.3, -0.25) is 9.59 Å². The quantitative estimate of drug-likeness (QED) is 0.0195. The van der Waals surface area contributed by atoms with Crippen LogP contribution in [-0.4, -0.2) is 99.6 Å².